The van der Waals surface area contributed by atoms with E-state index in [4.69, 9.17) is 41.7 Å². The smallest absolute Gasteiger partial charge is 0.475 e. The fourth-order valence-corrected chi connectivity index (χ4v) is 3.13. The Hall–Kier alpha value is -4.88. The molecule has 1 amide bonds. The average molecular weight is 645 g/mol. The number of rotatable bonds is 11. The molecule has 2 atom stereocenters. The largest absolute Gasteiger partial charge is 0.490 e. The lowest BCUT2D eigenvalue weighted by atomic mass is 10.0. The molecule has 0 saturated heterocycles. The van der Waals surface area contributed by atoms with Crippen molar-refractivity contribution in [2.24, 2.45) is 22.2 Å². The second-order valence-corrected chi connectivity index (χ2v) is 8.36. The van der Waals surface area contributed by atoms with Gasteiger partial charge in [0.15, 0.2) is 5.96 Å². The number of nitrogens with zero attached hydrogens (tertiary/aromatic N) is 2. The van der Waals surface area contributed by atoms with Crippen molar-refractivity contribution >= 4 is 47.1 Å². The molecule has 1 aromatic carbocycles. The zero-order valence-corrected chi connectivity index (χ0v) is 22.9. The van der Waals surface area contributed by atoms with Crippen molar-refractivity contribution in [3.63, 3.8) is 0 Å². The van der Waals surface area contributed by atoms with Gasteiger partial charge in [0.25, 0.3) is 0 Å². The summed E-state index contributed by atoms with van der Waals surface area (Å²) >= 11 is 0. The van der Waals surface area contributed by atoms with Gasteiger partial charge in [-0.3, -0.25) is 19.1 Å². The van der Waals surface area contributed by atoms with Gasteiger partial charge < -0.3 is 37.5 Å². The summed E-state index contributed by atoms with van der Waals surface area (Å²) < 4.78 is 70.0. The summed E-state index contributed by atoms with van der Waals surface area (Å²) in [6.45, 7) is 2.20. The number of aliphatic imine (C=N–C) groups is 1. The number of carboxylic acids is 2. The Morgan fingerprint density at radius 3 is 2.02 bits per heavy atom. The van der Waals surface area contributed by atoms with E-state index >= 15 is 0 Å². The molecule has 0 fully saturated rings. The average Bonchev–Trinajstić information content (AvgIpc) is 3.27. The Labute approximate surface area is 244 Å². The van der Waals surface area contributed by atoms with Crippen LogP contribution in [0.5, 0.6) is 0 Å². The van der Waals surface area contributed by atoms with Crippen LogP contribution < -0.4 is 22.5 Å². The van der Waals surface area contributed by atoms with E-state index in [1.165, 1.54) is 4.57 Å². The summed E-state index contributed by atoms with van der Waals surface area (Å²) in [4.78, 5) is 57.8. The molecule has 0 bridgehead atoms. The van der Waals surface area contributed by atoms with Crippen molar-refractivity contribution in [2.75, 3.05) is 13.2 Å². The molecule has 44 heavy (non-hydrogen) atoms. The Balaban J connectivity index is 0.00000109. The lowest BCUT2D eigenvalue weighted by Gasteiger charge is -2.19. The third-order valence-electron chi connectivity index (χ3n) is 5.03. The number of aromatic nitrogens is 1. The van der Waals surface area contributed by atoms with E-state index in [2.05, 4.69) is 10.3 Å². The zero-order valence-electron chi connectivity index (χ0n) is 22.9. The quantitative estimate of drug-likeness (QED) is 0.0502. The second-order valence-electron chi connectivity index (χ2n) is 8.36. The first-order valence-electron chi connectivity index (χ1n) is 12.2. The molecule has 0 aliphatic carbocycles. The van der Waals surface area contributed by atoms with Gasteiger partial charge in [-0.15, -0.1) is 0 Å². The van der Waals surface area contributed by atoms with Gasteiger partial charge in [-0.2, -0.15) is 26.3 Å². The van der Waals surface area contributed by atoms with Crippen LogP contribution in [0.1, 0.15) is 25.3 Å². The second kappa shape index (κ2) is 17.9. The minimum Gasteiger partial charge on any atom is -0.475 e. The Morgan fingerprint density at radius 2 is 1.57 bits per heavy atom. The van der Waals surface area contributed by atoms with Gasteiger partial charge in [-0.1, -0.05) is 18.2 Å². The molecular formula is C24H30F6N6O8. The number of halogens is 6. The highest BCUT2D eigenvalue weighted by Gasteiger charge is 2.38. The van der Waals surface area contributed by atoms with Gasteiger partial charge in [0, 0.05) is 18.1 Å². The number of carbonyl (C=O) groups is 5. The fraction of sp³-hybridized carbons (Fsp3) is 0.417. The number of fused-ring (bicyclic) bond motifs is 1. The molecule has 0 saturated carbocycles. The van der Waals surface area contributed by atoms with Crippen molar-refractivity contribution in [1.82, 2.24) is 9.88 Å². The van der Waals surface area contributed by atoms with Gasteiger partial charge in [0.1, 0.15) is 6.04 Å². The van der Waals surface area contributed by atoms with Crippen molar-refractivity contribution in [2.45, 2.75) is 50.6 Å². The number of hydrogen-bond donors (Lipinski definition) is 6. The molecule has 0 radical (unpaired) electrons. The van der Waals surface area contributed by atoms with Crippen molar-refractivity contribution in [3.8, 4) is 0 Å². The maximum Gasteiger partial charge on any atom is 0.490 e. The minimum absolute atomic E-state index is 0.0387. The number of amides is 1. The van der Waals surface area contributed by atoms with Crippen LogP contribution in [0.25, 0.3) is 10.9 Å². The summed E-state index contributed by atoms with van der Waals surface area (Å²) in [6, 6.07) is 5.58. The monoisotopic (exact) mass is 644 g/mol. The van der Waals surface area contributed by atoms with Crippen molar-refractivity contribution in [1.29, 1.82) is 0 Å². The van der Waals surface area contributed by atoms with E-state index in [1.54, 1.807) is 13.1 Å². The maximum atomic E-state index is 12.6. The van der Waals surface area contributed by atoms with Crippen molar-refractivity contribution < 1.29 is 65.3 Å². The number of nitrogens with one attached hydrogen (secondary N) is 1. The summed E-state index contributed by atoms with van der Waals surface area (Å²) in [5, 5.41) is 17.7. The van der Waals surface area contributed by atoms with Crippen LogP contribution in [0.2, 0.25) is 0 Å². The fourth-order valence-electron chi connectivity index (χ4n) is 3.13. The zero-order chi connectivity index (χ0) is 34.3. The first kappa shape index (κ1) is 39.1. The number of benzene rings is 1. The summed E-state index contributed by atoms with van der Waals surface area (Å²) in [5.41, 5.74) is 18.2. The predicted octanol–water partition coefficient (Wildman–Crippen LogP) is 0.918. The summed E-state index contributed by atoms with van der Waals surface area (Å²) in [6.07, 6.45) is -6.83. The van der Waals surface area contributed by atoms with E-state index in [1.807, 2.05) is 24.3 Å². The highest BCUT2D eigenvalue weighted by molar-refractivity contribution is 5.91. The third-order valence-corrected chi connectivity index (χ3v) is 5.03. The van der Waals surface area contributed by atoms with E-state index in [-0.39, 0.29) is 19.0 Å². The SMILES string of the molecule is CCOC(=O)[C@H](CCCN=C(N)N)NC(=O)[C@@H](N)Cc1cn(C=O)c2ccccc12.O=C(O)C(F)(F)F.O=C(O)C(F)(F)F. The Bertz CT molecular complexity index is 1280. The molecule has 1 heterocycles. The normalized spacial score (nSPS) is 12.3. The van der Waals surface area contributed by atoms with Crippen LogP contribution >= 0.6 is 0 Å². The molecule has 0 spiro atoms. The molecule has 246 valence electrons. The molecule has 2 aromatic rings. The van der Waals surface area contributed by atoms with E-state index < -0.39 is 48.3 Å². The van der Waals surface area contributed by atoms with Crippen LogP contribution in [0.15, 0.2) is 35.5 Å². The van der Waals surface area contributed by atoms with Crippen molar-refractivity contribution in [3.05, 3.63) is 36.0 Å². The lowest BCUT2D eigenvalue weighted by molar-refractivity contribution is -0.193. The molecule has 0 unspecified atom stereocenters. The van der Waals surface area contributed by atoms with Crippen LogP contribution in [0, 0.1) is 0 Å². The van der Waals surface area contributed by atoms with Crippen LogP contribution in [0.4, 0.5) is 26.3 Å². The maximum absolute atomic E-state index is 12.6. The van der Waals surface area contributed by atoms with Gasteiger partial charge in [-0.05, 0) is 37.8 Å². The molecule has 2 rings (SSSR count). The summed E-state index contributed by atoms with van der Waals surface area (Å²) in [5.74, 6) is -6.58. The van der Waals surface area contributed by atoms with Crippen LogP contribution in [-0.2, 0) is 35.1 Å². The number of hydrogen-bond acceptors (Lipinski definition) is 8. The van der Waals surface area contributed by atoms with E-state index in [9.17, 15) is 40.7 Å². The third kappa shape index (κ3) is 14.3. The summed E-state index contributed by atoms with van der Waals surface area (Å²) in [7, 11) is 0. The van der Waals surface area contributed by atoms with E-state index in [0.717, 1.165) is 16.5 Å². The number of esters is 1. The predicted molar refractivity (Wildman–Crippen MR) is 142 cm³/mol. The van der Waals surface area contributed by atoms with Crippen LogP contribution in [-0.4, -0.2) is 88.6 Å². The molecule has 0 aliphatic heterocycles. The molecule has 14 nitrogen and oxygen atoms in total. The number of nitrogens with two attached hydrogens (primary N) is 3. The topological polar surface area (TPSA) is 242 Å². The first-order chi connectivity index (χ1) is 20.3. The minimum atomic E-state index is -5.08. The standard InChI is InChI=1S/C20H28N6O4.2C2HF3O2/c1-2-30-19(29)16(7-5-9-24-20(22)23)25-18(28)15(21)10-13-11-26(12-27)17-8-4-3-6-14(13)17;2*3-2(4,5)1(6)7/h3-4,6,8,11-12,15-16H,2,5,7,9-10,21H2,1H3,(H,25,28)(H4,22,23,24);2*(H,6,7)/t15-,16-;;/m0../s1. The van der Waals surface area contributed by atoms with Gasteiger partial charge >= 0.3 is 30.3 Å². The number of alkyl halides is 6. The highest BCUT2D eigenvalue weighted by atomic mass is 19.4. The number of para-hydroxylation sites is 1. The number of ether oxygens (including phenoxy) is 1. The lowest BCUT2D eigenvalue weighted by Crippen LogP contribution is -2.49. The molecule has 9 N–H and O–H groups in total. The number of carbonyl (C=O) groups excluding carboxylic acids is 3. The van der Waals surface area contributed by atoms with Gasteiger partial charge in [-0.25, -0.2) is 14.4 Å². The molecular weight excluding hydrogens is 614 g/mol. The van der Waals surface area contributed by atoms with Crippen LogP contribution in [0.3, 0.4) is 0 Å². The van der Waals surface area contributed by atoms with E-state index in [0.29, 0.717) is 25.8 Å². The van der Waals surface area contributed by atoms with Gasteiger partial charge in [0.2, 0.25) is 12.3 Å². The molecule has 1 aromatic heterocycles. The van der Waals surface area contributed by atoms with Gasteiger partial charge in [0.05, 0.1) is 18.2 Å². The number of aliphatic carboxylic acids is 2. The molecule has 20 heteroatoms. The Morgan fingerprint density at radius 1 is 1.05 bits per heavy atom. The number of carboxylic acid groups (broad SMARTS) is 2. The first-order valence-corrected chi connectivity index (χ1v) is 12.2. The number of guanidine groups is 1. The molecule has 0 aliphatic rings. The Kier molecular flexibility index (Phi) is 15.9. The highest BCUT2D eigenvalue weighted by Crippen LogP contribution is 2.21.